The van der Waals surface area contributed by atoms with Gasteiger partial charge in [-0.05, 0) is 100 Å². The van der Waals surface area contributed by atoms with Crippen molar-refractivity contribution in [3.05, 3.63) is 82.2 Å². The summed E-state index contributed by atoms with van der Waals surface area (Å²) in [5.74, 6) is -4.60. The van der Waals surface area contributed by atoms with Crippen molar-refractivity contribution in [1.29, 1.82) is 0 Å². The van der Waals surface area contributed by atoms with Gasteiger partial charge < -0.3 is 52.3 Å². The van der Waals surface area contributed by atoms with Crippen LogP contribution in [-0.4, -0.2) is 148 Å². The molecule has 9 unspecified atom stereocenters. The Morgan fingerprint density at radius 3 is 1.81 bits per heavy atom. The predicted octanol–water partition coefficient (Wildman–Crippen LogP) is 1.55. The van der Waals surface area contributed by atoms with Gasteiger partial charge in [-0.2, -0.15) is 5.21 Å². The van der Waals surface area contributed by atoms with E-state index >= 15 is 0 Å². The van der Waals surface area contributed by atoms with Crippen molar-refractivity contribution >= 4 is 47.3 Å². The van der Waals surface area contributed by atoms with Crippen molar-refractivity contribution < 1.29 is 38.4 Å². The van der Waals surface area contributed by atoms with Crippen LogP contribution in [0.4, 0.5) is 0 Å². The fourth-order valence-electron chi connectivity index (χ4n) is 9.95. The highest BCUT2D eigenvalue weighted by molar-refractivity contribution is 6.05. The lowest BCUT2D eigenvalue weighted by Gasteiger charge is -2.36. The van der Waals surface area contributed by atoms with Crippen LogP contribution in [0.15, 0.2) is 48.5 Å². The number of amides is 8. The fourth-order valence-corrected chi connectivity index (χ4v) is 9.95. The van der Waals surface area contributed by atoms with Gasteiger partial charge in [-0.15, -0.1) is 10.2 Å². The highest BCUT2D eigenvalue weighted by Crippen LogP contribution is 2.31. The van der Waals surface area contributed by atoms with Crippen molar-refractivity contribution in [1.82, 2.24) is 67.7 Å². The summed E-state index contributed by atoms with van der Waals surface area (Å²) in [4.78, 5) is 115. The first-order chi connectivity index (χ1) is 35.2. The van der Waals surface area contributed by atoms with E-state index in [1.54, 1.807) is 41.8 Å². The summed E-state index contributed by atoms with van der Waals surface area (Å²) >= 11 is 0. The highest BCUT2D eigenvalue weighted by Gasteiger charge is 2.47. The van der Waals surface area contributed by atoms with Crippen LogP contribution >= 0.6 is 0 Å². The first-order valence-corrected chi connectivity index (χ1v) is 26.0. The summed E-state index contributed by atoms with van der Waals surface area (Å²) in [6.07, 6.45) is 4.20. The molecule has 0 radical (unpaired) electrons. The van der Waals surface area contributed by atoms with Crippen LogP contribution in [0.2, 0.25) is 0 Å². The van der Waals surface area contributed by atoms with Crippen LogP contribution in [-0.2, 0) is 48.2 Å². The van der Waals surface area contributed by atoms with E-state index in [2.05, 4.69) is 64.9 Å². The third-order valence-corrected chi connectivity index (χ3v) is 14.5. The number of nitrogens with zero attached hydrogens (tertiary/aromatic N) is 4. The normalized spacial score (nSPS) is 21.1. The number of carbonyl (C=O) groups is 8. The third kappa shape index (κ3) is 13.5. The number of rotatable bonds is 20. The van der Waals surface area contributed by atoms with Gasteiger partial charge in [0, 0.05) is 31.7 Å². The summed E-state index contributed by atoms with van der Waals surface area (Å²) in [5, 5.41) is 33.8. The van der Waals surface area contributed by atoms with Crippen LogP contribution in [0.3, 0.4) is 0 Å². The molecule has 74 heavy (non-hydrogen) atoms. The van der Waals surface area contributed by atoms with Crippen molar-refractivity contribution in [3.63, 3.8) is 0 Å². The van der Waals surface area contributed by atoms with E-state index < -0.39 is 101 Å². The number of aromatic nitrogens is 3. The van der Waals surface area contributed by atoms with Gasteiger partial charge in [0.25, 0.3) is 11.8 Å². The molecular formula is C53H77N13O8. The molecule has 1 aromatic heterocycles. The molecule has 0 saturated carbocycles. The lowest BCUT2D eigenvalue weighted by Crippen LogP contribution is -2.59. The number of aromatic amines is 1. The second-order valence-corrected chi connectivity index (χ2v) is 21.3. The molecule has 0 spiro atoms. The molecule has 1 aliphatic carbocycles. The fraction of sp³-hybridized carbons (Fsp3) is 0.585. The number of likely N-dealkylation sites (N-methyl/N-ethyl adjacent to an activating group) is 2. The number of carbonyl (C=O) groups excluding carboxylic acids is 8. The summed E-state index contributed by atoms with van der Waals surface area (Å²) in [6, 6.07) is 8.53. The maximum atomic E-state index is 14.6. The number of H-pyrrole nitrogens is 1. The molecule has 21 heteroatoms. The molecule has 402 valence electrons. The van der Waals surface area contributed by atoms with Gasteiger partial charge in [0.2, 0.25) is 35.4 Å². The van der Waals surface area contributed by atoms with Crippen molar-refractivity contribution in [2.45, 2.75) is 161 Å². The zero-order valence-electron chi connectivity index (χ0n) is 44.5. The molecule has 3 aliphatic rings. The lowest BCUT2D eigenvalue weighted by atomic mass is 9.85. The predicted molar refractivity (Wildman–Crippen MR) is 277 cm³/mol. The number of hydrogen-bond acceptors (Lipinski definition) is 12. The first kappa shape index (κ1) is 56.6. The molecule has 8 amide bonds. The third-order valence-electron chi connectivity index (χ3n) is 14.5. The minimum absolute atomic E-state index is 0.00452. The van der Waals surface area contributed by atoms with Crippen LogP contribution < -0.4 is 42.5 Å². The topological polar surface area (TPSA) is 281 Å². The minimum atomic E-state index is -1.05. The molecule has 21 nitrogen and oxygen atoms in total. The van der Waals surface area contributed by atoms with Gasteiger partial charge in [0.05, 0.1) is 18.1 Å². The van der Waals surface area contributed by atoms with E-state index in [1.165, 1.54) is 9.80 Å². The van der Waals surface area contributed by atoms with Crippen LogP contribution in [0.5, 0.6) is 0 Å². The number of aryl methyl sites for hydroxylation is 2. The van der Waals surface area contributed by atoms with E-state index in [9.17, 15) is 38.4 Å². The molecule has 2 aliphatic heterocycles. The molecule has 3 aromatic rings. The Kier molecular flexibility index (Phi) is 19.1. The smallest absolute Gasteiger partial charge is 0.274 e. The lowest BCUT2D eigenvalue weighted by molar-refractivity contribution is -0.144. The maximum Gasteiger partial charge on any atom is 0.274 e. The quantitative estimate of drug-likeness (QED) is 0.0780. The van der Waals surface area contributed by atoms with Crippen LogP contribution in [0.1, 0.15) is 137 Å². The highest BCUT2D eigenvalue weighted by atomic mass is 16.2. The molecule has 2 saturated heterocycles. The molecule has 3 heterocycles. The van der Waals surface area contributed by atoms with Gasteiger partial charge in [-0.25, -0.2) is 0 Å². The Balaban J connectivity index is 1.21. The van der Waals surface area contributed by atoms with Crippen molar-refractivity contribution in [3.8, 4) is 0 Å². The molecule has 6 rings (SSSR count). The summed E-state index contributed by atoms with van der Waals surface area (Å²) in [5.41, 5.74) is 2.67. The first-order valence-electron chi connectivity index (χ1n) is 26.0. The van der Waals surface area contributed by atoms with Crippen molar-refractivity contribution in [2.75, 3.05) is 27.2 Å². The second kappa shape index (κ2) is 25.0. The molecule has 9 atom stereocenters. The van der Waals surface area contributed by atoms with Gasteiger partial charge in [0.15, 0.2) is 11.4 Å². The van der Waals surface area contributed by atoms with Gasteiger partial charge in [0.1, 0.15) is 24.2 Å². The Bertz CT molecular complexity index is 2520. The zero-order valence-corrected chi connectivity index (χ0v) is 44.5. The average Bonchev–Trinajstić information content (AvgIpc) is 4.15. The molecule has 0 bridgehead atoms. The number of hydrogen-bond donors (Lipinski definition) is 9. The number of nitrogens with one attached hydrogen (secondary N) is 9. The molecule has 9 N–H and O–H groups in total. The maximum absolute atomic E-state index is 14.6. The van der Waals surface area contributed by atoms with Gasteiger partial charge in [-0.1, -0.05) is 96.5 Å². The van der Waals surface area contributed by atoms with E-state index in [1.807, 2.05) is 69.3 Å². The van der Waals surface area contributed by atoms with E-state index in [-0.39, 0.29) is 55.8 Å². The summed E-state index contributed by atoms with van der Waals surface area (Å²) in [6.45, 7) is 14.5. The Labute approximate surface area is 434 Å². The monoisotopic (exact) mass is 1020 g/mol. The number of likely N-dealkylation sites (tertiary alicyclic amines) is 2. The Hall–Kier alpha value is -6.74. The van der Waals surface area contributed by atoms with Gasteiger partial charge >= 0.3 is 0 Å². The summed E-state index contributed by atoms with van der Waals surface area (Å²) < 4.78 is 0. The standard InChI is InChI=1S/C53H77N13O8/c1-11-17-32-18-12-13-20-34(32)26-56-47(69)39-24-35(28-66(39)52(74)44(53(6,7)8)61-46(68)31(5)55-10)57-49(71)42-43(63-64-62-42)50(72)58-36-25-40(48(70)59-38-23-16-21-33-19-14-15-22-37(33)38)65(27-36)51(73)41(29(2)3)60-45(67)30(4)54-9/h12-15,18-20,22,29-31,35-36,38-41,44,54-55H,11,16-17,21,23-28H2,1-10H3,(H,56,69)(H,57,71)(H,58,72)(H,59,70)(H,60,67)(H,61,68)(H,62,63,64). The Morgan fingerprint density at radius 1 is 0.703 bits per heavy atom. The van der Waals surface area contributed by atoms with Crippen LogP contribution in [0.25, 0.3) is 0 Å². The Morgan fingerprint density at radius 2 is 1.24 bits per heavy atom. The van der Waals surface area contributed by atoms with E-state index in [4.69, 9.17) is 0 Å². The second-order valence-electron chi connectivity index (χ2n) is 21.3. The van der Waals surface area contributed by atoms with Gasteiger partial charge in [-0.3, -0.25) is 38.4 Å². The van der Waals surface area contributed by atoms with Crippen LogP contribution in [0, 0.1) is 11.3 Å². The van der Waals surface area contributed by atoms with E-state index in [0.717, 1.165) is 47.9 Å². The number of benzene rings is 2. The molecular weight excluding hydrogens is 947 g/mol. The summed E-state index contributed by atoms with van der Waals surface area (Å²) in [7, 11) is 3.27. The molecule has 2 aromatic carbocycles. The SMILES string of the molecule is CCCc1ccccc1CNC(=O)C1CC(NC(=O)c2n[nH]nc2C(=O)NC2CC(C(=O)NC3CCCc4ccccc43)N(C(=O)C(NC(=O)C(C)NC)C(C)C)C2)CN1C(=O)C(NC(=O)C(C)NC)C(C)(C)C. The van der Waals surface area contributed by atoms with E-state index in [0.29, 0.717) is 6.42 Å². The zero-order chi connectivity index (χ0) is 54.0. The average molecular weight is 1020 g/mol. The number of fused-ring (bicyclic) bond motifs is 1. The van der Waals surface area contributed by atoms with Crippen molar-refractivity contribution in [2.24, 2.45) is 11.3 Å². The minimum Gasteiger partial charge on any atom is -0.350 e. The molecule has 2 fully saturated rings. The largest absolute Gasteiger partial charge is 0.350 e.